The van der Waals surface area contributed by atoms with E-state index in [4.69, 9.17) is 10.5 Å². The number of methoxy groups -OCH3 is 1. The Kier molecular flexibility index (Phi) is 10.1. The normalized spacial score (nSPS) is 10.8. The molecular formula is C32H28N4O5S. The lowest BCUT2D eigenvalue weighted by Crippen LogP contribution is -2.30. The minimum atomic E-state index is -0.628. The summed E-state index contributed by atoms with van der Waals surface area (Å²) in [6.07, 6.45) is 1.55. The van der Waals surface area contributed by atoms with Crippen molar-refractivity contribution in [2.45, 2.75) is 4.90 Å². The highest BCUT2D eigenvalue weighted by molar-refractivity contribution is 8.00. The molecule has 0 aromatic heterocycles. The van der Waals surface area contributed by atoms with E-state index in [2.05, 4.69) is 16.0 Å². The second kappa shape index (κ2) is 14.3. The highest BCUT2D eigenvalue weighted by Gasteiger charge is 2.16. The molecule has 10 heteroatoms. The zero-order valence-electron chi connectivity index (χ0n) is 22.6. The quantitative estimate of drug-likeness (QED) is 0.146. The highest BCUT2D eigenvalue weighted by atomic mass is 32.2. The third kappa shape index (κ3) is 8.09. The number of para-hydroxylation sites is 2. The molecule has 0 atom stereocenters. The monoisotopic (exact) mass is 580 g/mol. The van der Waals surface area contributed by atoms with Crippen LogP contribution in [0.25, 0.3) is 6.08 Å². The second-order valence-electron chi connectivity index (χ2n) is 8.85. The van der Waals surface area contributed by atoms with Gasteiger partial charge in [0, 0.05) is 21.7 Å². The number of nitrogens with one attached hydrogen (secondary N) is 3. The molecule has 4 rings (SSSR count). The van der Waals surface area contributed by atoms with Gasteiger partial charge in [0.2, 0.25) is 5.91 Å². The minimum Gasteiger partial charge on any atom is -0.496 e. The lowest BCUT2D eigenvalue weighted by Gasteiger charge is -2.13. The molecule has 0 heterocycles. The van der Waals surface area contributed by atoms with Crippen LogP contribution in [0.5, 0.6) is 5.75 Å². The number of thioether (sulfide) groups is 1. The Balaban J connectivity index is 1.43. The van der Waals surface area contributed by atoms with Gasteiger partial charge in [-0.3, -0.25) is 19.2 Å². The predicted octanol–water partition coefficient (Wildman–Crippen LogP) is 4.93. The van der Waals surface area contributed by atoms with Gasteiger partial charge in [-0.2, -0.15) is 0 Å². The molecule has 0 fully saturated rings. The summed E-state index contributed by atoms with van der Waals surface area (Å²) in [6.45, 7) is 0. The van der Waals surface area contributed by atoms with E-state index in [1.165, 1.54) is 18.9 Å². The fraction of sp³-hybridized carbons (Fsp3) is 0.0625. The van der Waals surface area contributed by atoms with Crippen molar-refractivity contribution < 1.29 is 23.9 Å². The number of anilines is 2. The van der Waals surface area contributed by atoms with Gasteiger partial charge in [0.1, 0.15) is 11.4 Å². The maximum Gasteiger partial charge on any atom is 0.272 e. The molecule has 212 valence electrons. The van der Waals surface area contributed by atoms with Crippen LogP contribution in [0.4, 0.5) is 11.4 Å². The Hall–Kier alpha value is -5.35. The van der Waals surface area contributed by atoms with Gasteiger partial charge in [-0.05, 0) is 60.7 Å². The number of rotatable bonds is 11. The highest BCUT2D eigenvalue weighted by Crippen LogP contribution is 2.23. The molecule has 0 saturated heterocycles. The van der Waals surface area contributed by atoms with Gasteiger partial charge in [-0.25, -0.2) is 0 Å². The first-order valence-electron chi connectivity index (χ1n) is 12.8. The number of benzene rings is 4. The molecule has 0 spiro atoms. The van der Waals surface area contributed by atoms with Crippen LogP contribution in [0.15, 0.2) is 114 Å². The van der Waals surface area contributed by atoms with E-state index in [-0.39, 0.29) is 22.9 Å². The third-order valence-electron chi connectivity index (χ3n) is 5.92. The van der Waals surface area contributed by atoms with Gasteiger partial charge in [0.05, 0.1) is 24.1 Å². The van der Waals surface area contributed by atoms with Crippen LogP contribution in [0, 0.1) is 0 Å². The van der Waals surface area contributed by atoms with Gasteiger partial charge >= 0.3 is 0 Å². The molecule has 0 aliphatic rings. The van der Waals surface area contributed by atoms with Crippen LogP contribution >= 0.6 is 11.8 Å². The summed E-state index contributed by atoms with van der Waals surface area (Å²) in [7, 11) is 1.53. The summed E-state index contributed by atoms with van der Waals surface area (Å²) in [5, 5.41) is 8.21. The first kappa shape index (κ1) is 29.6. The molecule has 0 aliphatic heterocycles. The molecular weight excluding hydrogens is 552 g/mol. The van der Waals surface area contributed by atoms with E-state index in [0.29, 0.717) is 28.3 Å². The second-order valence-corrected chi connectivity index (χ2v) is 9.89. The van der Waals surface area contributed by atoms with Crippen molar-refractivity contribution in [3.05, 3.63) is 126 Å². The van der Waals surface area contributed by atoms with Crippen LogP contribution in [-0.2, 0) is 9.59 Å². The van der Waals surface area contributed by atoms with Gasteiger partial charge in [0.15, 0.2) is 0 Å². The van der Waals surface area contributed by atoms with E-state index in [1.807, 2.05) is 6.07 Å². The average Bonchev–Trinajstić information content (AvgIpc) is 3.01. The van der Waals surface area contributed by atoms with Gasteiger partial charge < -0.3 is 26.4 Å². The van der Waals surface area contributed by atoms with Gasteiger partial charge in [0.25, 0.3) is 17.7 Å². The fourth-order valence-corrected chi connectivity index (χ4v) is 4.56. The number of nitrogens with two attached hydrogens (primary N) is 1. The van der Waals surface area contributed by atoms with Crippen LogP contribution in [0.2, 0.25) is 0 Å². The Bertz CT molecular complexity index is 1620. The number of primary amides is 1. The average molecular weight is 581 g/mol. The summed E-state index contributed by atoms with van der Waals surface area (Å²) < 4.78 is 5.40. The molecule has 4 aromatic carbocycles. The summed E-state index contributed by atoms with van der Waals surface area (Å²) in [5.41, 5.74) is 7.49. The van der Waals surface area contributed by atoms with Crippen molar-refractivity contribution in [3.8, 4) is 5.75 Å². The number of ether oxygens (including phenoxy) is 1. The molecule has 4 aromatic rings. The van der Waals surface area contributed by atoms with Gasteiger partial charge in [-0.1, -0.05) is 48.5 Å². The number of hydrogen-bond donors (Lipinski definition) is 4. The molecule has 0 bridgehead atoms. The van der Waals surface area contributed by atoms with E-state index in [1.54, 1.807) is 103 Å². The minimum absolute atomic E-state index is 0.0275. The van der Waals surface area contributed by atoms with E-state index in [9.17, 15) is 19.2 Å². The van der Waals surface area contributed by atoms with Crippen LogP contribution in [0.1, 0.15) is 26.3 Å². The lowest BCUT2D eigenvalue weighted by atomic mass is 10.1. The Morgan fingerprint density at radius 1 is 0.810 bits per heavy atom. The van der Waals surface area contributed by atoms with Crippen molar-refractivity contribution in [2.75, 3.05) is 23.5 Å². The Labute approximate surface area is 247 Å². The van der Waals surface area contributed by atoms with Crippen molar-refractivity contribution in [1.82, 2.24) is 5.32 Å². The maximum absolute atomic E-state index is 13.3. The third-order valence-corrected chi connectivity index (χ3v) is 6.93. The van der Waals surface area contributed by atoms with E-state index < -0.39 is 17.7 Å². The van der Waals surface area contributed by atoms with E-state index in [0.717, 1.165) is 4.90 Å². The summed E-state index contributed by atoms with van der Waals surface area (Å²) in [5.74, 6) is -1.26. The van der Waals surface area contributed by atoms with Crippen molar-refractivity contribution >= 4 is 52.8 Å². The van der Waals surface area contributed by atoms with Crippen LogP contribution in [0.3, 0.4) is 0 Å². The molecule has 0 unspecified atom stereocenters. The van der Waals surface area contributed by atoms with Crippen LogP contribution in [-0.4, -0.2) is 36.5 Å². The molecule has 0 saturated carbocycles. The van der Waals surface area contributed by atoms with Crippen molar-refractivity contribution in [2.24, 2.45) is 5.73 Å². The van der Waals surface area contributed by atoms with E-state index >= 15 is 0 Å². The zero-order chi connectivity index (χ0) is 29.9. The summed E-state index contributed by atoms with van der Waals surface area (Å²) >= 11 is 1.28. The predicted molar refractivity (Wildman–Crippen MR) is 164 cm³/mol. The number of carbonyl (C=O) groups excluding carboxylic acids is 4. The first-order valence-corrected chi connectivity index (χ1v) is 13.8. The molecule has 0 aliphatic carbocycles. The largest absolute Gasteiger partial charge is 0.496 e. The zero-order valence-corrected chi connectivity index (χ0v) is 23.4. The number of hydrogen-bond acceptors (Lipinski definition) is 6. The summed E-state index contributed by atoms with van der Waals surface area (Å²) in [6, 6.07) is 29.2. The van der Waals surface area contributed by atoms with Crippen molar-refractivity contribution in [3.63, 3.8) is 0 Å². The smallest absolute Gasteiger partial charge is 0.272 e. The lowest BCUT2D eigenvalue weighted by molar-refractivity contribution is -0.114. The number of carbonyl (C=O) groups is 4. The van der Waals surface area contributed by atoms with Crippen LogP contribution < -0.4 is 26.4 Å². The summed E-state index contributed by atoms with van der Waals surface area (Å²) in [4.78, 5) is 51.0. The molecule has 4 amide bonds. The Morgan fingerprint density at radius 2 is 1.48 bits per heavy atom. The van der Waals surface area contributed by atoms with Crippen molar-refractivity contribution in [1.29, 1.82) is 0 Å². The first-order chi connectivity index (χ1) is 20.3. The molecule has 42 heavy (non-hydrogen) atoms. The molecule has 5 N–H and O–H groups in total. The molecule has 9 nitrogen and oxygen atoms in total. The Morgan fingerprint density at radius 3 is 2.19 bits per heavy atom. The topological polar surface area (TPSA) is 140 Å². The SMILES string of the molecule is COc1ccccc1/C=C(\NC(=O)c1ccccc1)C(=O)Nc1ccc(SCC(=O)Nc2ccccc2C(N)=O)cc1. The fourth-order valence-electron chi connectivity index (χ4n) is 3.86. The molecule has 0 radical (unpaired) electrons. The standard InChI is InChI=1S/C32H28N4O5S/c1-41-28-14-8-5-11-22(28)19-27(36-31(39)21-9-3-2-4-10-21)32(40)34-23-15-17-24(18-16-23)42-20-29(37)35-26-13-7-6-12-25(26)30(33)38/h2-19H,20H2,1H3,(H2,33,38)(H,34,40)(H,35,37)(H,36,39)/b27-19-. The number of amides is 4. The van der Waals surface area contributed by atoms with Gasteiger partial charge in [-0.15, -0.1) is 11.8 Å². The maximum atomic E-state index is 13.3.